The van der Waals surface area contributed by atoms with E-state index < -0.39 is 0 Å². The summed E-state index contributed by atoms with van der Waals surface area (Å²) in [6.07, 6.45) is 2.97. The fourth-order valence-corrected chi connectivity index (χ4v) is 6.31. The summed E-state index contributed by atoms with van der Waals surface area (Å²) in [5, 5.41) is 0. The molecule has 2 saturated carbocycles. The number of ether oxygens (including phenoxy) is 1. The molecule has 1 nitrogen and oxygen atoms in total. The van der Waals surface area contributed by atoms with Crippen LogP contribution in [0.1, 0.15) is 33.6 Å². The first kappa shape index (κ1) is 10.1. The van der Waals surface area contributed by atoms with Crippen molar-refractivity contribution in [3.8, 4) is 0 Å². The molecule has 14 heavy (non-hydrogen) atoms. The van der Waals surface area contributed by atoms with Crippen LogP contribution < -0.4 is 0 Å². The second kappa shape index (κ2) is 2.43. The van der Waals surface area contributed by atoms with Crippen LogP contribution in [0, 0.1) is 17.3 Å². The van der Waals surface area contributed by atoms with Crippen molar-refractivity contribution in [2.24, 2.45) is 17.3 Å². The molecule has 4 atom stereocenters. The number of alkyl halides is 2. The van der Waals surface area contributed by atoms with E-state index >= 15 is 0 Å². The van der Waals surface area contributed by atoms with Gasteiger partial charge in [-0.15, -0.1) is 0 Å². The van der Waals surface area contributed by atoms with E-state index in [0.717, 1.165) is 11.8 Å². The Hall–Kier alpha value is 0.920. The first-order chi connectivity index (χ1) is 6.34. The van der Waals surface area contributed by atoms with Gasteiger partial charge in [0.2, 0.25) is 0 Å². The summed E-state index contributed by atoms with van der Waals surface area (Å²) in [6, 6.07) is 0. The van der Waals surface area contributed by atoms with Crippen LogP contribution in [-0.2, 0) is 4.74 Å². The lowest BCUT2D eigenvalue weighted by atomic mass is 9.77. The lowest BCUT2D eigenvalue weighted by Crippen LogP contribution is -2.27. The maximum atomic E-state index is 5.79. The smallest absolute Gasteiger partial charge is 0.0924 e. The van der Waals surface area contributed by atoms with E-state index in [1.165, 1.54) is 12.8 Å². The summed E-state index contributed by atoms with van der Waals surface area (Å²) >= 11 is 7.74. The molecule has 0 aromatic rings. The summed E-state index contributed by atoms with van der Waals surface area (Å²) in [6.45, 7) is 6.93. The van der Waals surface area contributed by atoms with E-state index in [1.807, 2.05) is 0 Å². The van der Waals surface area contributed by atoms with Crippen molar-refractivity contribution in [2.45, 2.75) is 48.6 Å². The molecular weight excluding hydrogens is 308 g/mol. The third kappa shape index (κ3) is 0.910. The van der Waals surface area contributed by atoms with Crippen LogP contribution in [0.2, 0.25) is 0 Å². The van der Waals surface area contributed by atoms with Crippen LogP contribution in [0.25, 0.3) is 0 Å². The molecular formula is C11H16Br2O. The van der Waals surface area contributed by atoms with Crippen molar-refractivity contribution in [3.05, 3.63) is 0 Å². The molecule has 3 fully saturated rings. The molecule has 3 aliphatic rings. The Bertz CT molecular complexity index is 302. The zero-order valence-corrected chi connectivity index (χ0v) is 12.0. The predicted octanol–water partition coefficient (Wildman–Crippen LogP) is 3.70. The molecule has 3 heteroatoms. The first-order valence-corrected chi connectivity index (χ1v) is 6.99. The average molecular weight is 324 g/mol. The zero-order valence-electron chi connectivity index (χ0n) is 8.81. The lowest BCUT2D eigenvalue weighted by Gasteiger charge is -2.26. The minimum Gasteiger partial charge on any atom is -0.366 e. The monoisotopic (exact) mass is 322 g/mol. The Labute approximate surface area is 102 Å². The number of epoxide rings is 1. The molecule has 1 aliphatic heterocycles. The Morgan fingerprint density at radius 2 is 1.93 bits per heavy atom. The second-order valence-corrected chi connectivity index (χ2v) is 9.26. The van der Waals surface area contributed by atoms with Gasteiger partial charge in [0.1, 0.15) is 0 Å². The van der Waals surface area contributed by atoms with Gasteiger partial charge in [-0.3, -0.25) is 0 Å². The Morgan fingerprint density at radius 1 is 1.29 bits per heavy atom. The fraction of sp³-hybridized carbons (Fsp3) is 1.00. The Morgan fingerprint density at radius 3 is 2.50 bits per heavy atom. The van der Waals surface area contributed by atoms with E-state index in [4.69, 9.17) is 4.74 Å². The highest BCUT2D eigenvalue weighted by Crippen LogP contribution is 2.82. The summed E-state index contributed by atoms with van der Waals surface area (Å²) in [7, 11) is 0. The van der Waals surface area contributed by atoms with Gasteiger partial charge in [-0.25, -0.2) is 0 Å². The minimum absolute atomic E-state index is 0.195. The summed E-state index contributed by atoms with van der Waals surface area (Å²) in [5.41, 5.74) is 0.653. The molecule has 3 rings (SSSR count). The molecule has 0 N–H and O–H groups in total. The van der Waals surface area contributed by atoms with E-state index in [0.29, 0.717) is 11.5 Å². The van der Waals surface area contributed by atoms with Gasteiger partial charge < -0.3 is 4.74 Å². The predicted molar refractivity (Wildman–Crippen MR) is 63.9 cm³/mol. The number of hydrogen-bond donors (Lipinski definition) is 0. The van der Waals surface area contributed by atoms with Crippen LogP contribution in [0.3, 0.4) is 0 Å². The third-order valence-corrected chi connectivity index (χ3v) is 7.38. The van der Waals surface area contributed by atoms with Gasteiger partial charge in [0.15, 0.2) is 0 Å². The van der Waals surface area contributed by atoms with Gasteiger partial charge in [-0.1, -0.05) is 45.7 Å². The van der Waals surface area contributed by atoms with E-state index in [9.17, 15) is 0 Å². The molecule has 0 spiro atoms. The van der Waals surface area contributed by atoms with Crippen molar-refractivity contribution < 1.29 is 4.74 Å². The third-order valence-electron chi connectivity index (χ3n) is 4.79. The quantitative estimate of drug-likeness (QED) is 0.529. The highest BCUT2D eigenvalue weighted by Gasteiger charge is 2.82. The van der Waals surface area contributed by atoms with Crippen molar-refractivity contribution in [3.63, 3.8) is 0 Å². The van der Waals surface area contributed by atoms with Crippen LogP contribution in [0.5, 0.6) is 0 Å². The van der Waals surface area contributed by atoms with Gasteiger partial charge in [0.05, 0.1) is 14.9 Å². The Balaban J connectivity index is 1.93. The van der Waals surface area contributed by atoms with Crippen LogP contribution in [-0.4, -0.2) is 14.9 Å². The number of rotatable bonds is 1. The minimum atomic E-state index is 0.195. The van der Waals surface area contributed by atoms with Gasteiger partial charge >= 0.3 is 0 Å². The molecule has 1 saturated heterocycles. The standard InChI is InChI=1S/C11H16Br2O/c1-6(2)10-5-8-9(3,14-8)4-7(10)11(10,12)13/h6-8H,4-5H2,1-3H3/t7-,8+,9-,10-/m0/s1. The normalized spacial score (nSPS) is 57.9. The highest BCUT2D eigenvalue weighted by molar-refractivity contribution is 9.25. The van der Waals surface area contributed by atoms with E-state index in [-0.39, 0.29) is 8.83 Å². The largest absolute Gasteiger partial charge is 0.366 e. The van der Waals surface area contributed by atoms with E-state index in [1.54, 1.807) is 0 Å². The summed E-state index contributed by atoms with van der Waals surface area (Å²) in [5.74, 6) is 1.47. The Kier molecular flexibility index (Phi) is 1.75. The SMILES string of the molecule is CC(C)[C@@]12C[C@H]3O[C@@]3(C)C[C@@H]1C2(Br)Br. The van der Waals surface area contributed by atoms with Crippen LogP contribution in [0.4, 0.5) is 0 Å². The van der Waals surface area contributed by atoms with Gasteiger partial charge in [0.25, 0.3) is 0 Å². The van der Waals surface area contributed by atoms with Crippen molar-refractivity contribution in [1.82, 2.24) is 0 Å². The summed E-state index contributed by atoms with van der Waals surface area (Å²) in [4.78, 5) is 0. The lowest BCUT2D eigenvalue weighted by molar-refractivity contribution is 0.255. The maximum absolute atomic E-state index is 5.79. The average Bonchev–Trinajstić information content (AvgIpc) is 2.83. The first-order valence-electron chi connectivity index (χ1n) is 5.40. The molecule has 0 radical (unpaired) electrons. The van der Waals surface area contributed by atoms with Crippen LogP contribution in [0.15, 0.2) is 0 Å². The van der Waals surface area contributed by atoms with Gasteiger partial charge in [0, 0.05) is 5.41 Å². The second-order valence-electron chi connectivity index (χ2n) is 5.70. The summed E-state index contributed by atoms with van der Waals surface area (Å²) < 4.78 is 5.99. The van der Waals surface area contributed by atoms with Crippen LogP contribution >= 0.6 is 31.9 Å². The molecule has 0 aromatic heterocycles. The molecule has 1 heterocycles. The molecule has 0 bridgehead atoms. The van der Waals surface area contributed by atoms with E-state index in [2.05, 4.69) is 52.6 Å². The molecule has 2 aliphatic carbocycles. The van der Waals surface area contributed by atoms with Crippen molar-refractivity contribution in [1.29, 1.82) is 0 Å². The van der Waals surface area contributed by atoms with Crippen molar-refractivity contribution in [2.75, 3.05) is 0 Å². The van der Waals surface area contributed by atoms with Crippen molar-refractivity contribution >= 4 is 31.9 Å². The number of halogens is 2. The topological polar surface area (TPSA) is 12.5 Å². The maximum Gasteiger partial charge on any atom is 0.0924 e. The van der Waals surface area contributed by atoms with Gasteiger partial charge in [-0.05, 0) is 31.6 Å². The fourth-order valence-electron chi connectivity index (χ4n) is 3.61. The molecule has 0 aromatic carbocycles. The van der Waals surface area contributed by atoms with Gasteiger partial charge in [-0.2, -0.15) is 0 Å². The zero-order chi connectivity index (χ0) is 10.4. The number of fused-ring (bicyclic) bond motifs is 2. The molecule has 0 unspecified atom stereocenters. The highest BCUT2D eigenvalue weighted by atomic mass is 79.9. The number of hydrogen-bond acceptors (Lipinski definition) is 1. The molecule has 0 amide bonds. The molecule has 80 valence electrons.